The lowest BCUT2D eigenvalue weighted by molar-refractivity contribution is -0.116. The molecule has 1 fully saturated rings. The Bertz CT molecular complexity index is 378. The fourth-order valence-electron chi connectivity index (χ4n) is 2.04. The maximum Gasteiger partial charge on any atom is 0.225 e. The van der Waals surface area contributed by atoms with Crippen molar-refractivity contribution in [3.63, 3.8) is 0 Å². The summed E-state index contributed by atoms with van der Waals surface area (Å²) >= 11 is 0. The van der Waals surface area contributed by atoms with Crippen LogP contribution in [0.2, 0.25) is 0 Å². The van der Waals surface area contributed by atoms with Gasteiger partial charge in [0.05, 0.1) is 0 Å². The number of anilines is 1. The smallest absolute Gasteiger partial charge is 0.225 e. The molecule has 1 unspecified atom stereocenters. The van der Waals surface area contributed by atoms with E-state index in [1.807, 2.05) is 19.1 Å². The average molecular weight is 306 g/mol. The van der Waals surface area contributed by atoms with Crippen LogP contribution in [0.3, 0.4) is 0 Å². The van der Waals surface area contributed by atoms with Gasteiger partial charge < -0.3 is 10.6 Å². The molecule has 0 aliphatic carbocycles. The first-order chi connectivity index (χ1) is 8.24. The molecule has 0 spiro atoms. The minimum atomic E-state index is 0. The molecule has 2 rings (SSSR count). The van der Waals surface area contributed by atoms with Gasteiger partial charge in [-0.25, -0.2) is 4.98 Å². The highest BCUT2D eigenvalue weighted by Crippen LogP contribution is 2.14. The van der Waals surface area contributed by atoms with Crippen molar-refractivity contribution in [3.05, 3.63) is 23.9 Å². The third kappa shape index (κ3) is 6.23. The summed E-state index contributed by atoms with van der Waals surface area (Å²) in [5, 5.41) is 6.13. The van der Waals surface area contributed by atoms with Crippen LogP contribution in [0.5, 0.6) is 0 Å². The molecule has 4 nitrogen and oxygen atoms in total. The van der Waals surface area contributed by atoms with Crippen molar-refractivity contribution in [2.24, 2.45) is 5.92 Å². The van der Waals surface area contributed by atoms with Crippen molar-refractivity contribution < 1.29 is 4.79 Å². The summed E-state index contributed by atoms with van der Waals surface area (Å²) in [4.78, 5) is 15.8. The Morgan fingerprint density at radius 1 is 1.47 bits per heavy atom. The van der Waals surface area contributed by atoms with Gasteiger partial charge in [0, 0.05) is 12.6 Å². The molecule has 2 N–H and O–H groups in total. The summed E-state index contributed by atoms with van der Waals surface area (Å²) in [7, 11) is 0. The molecule has 0 bridgehead atoms. The number of aromatic nitrogens is 1. The summed E-state index contributed by atoms with van der Waals surface area (Å²) in [5.41, 5.74) is 1.10. The van der Waals surface area contributed by atoms with Crippen molar-refractivity contribution in [2.75, 3.05) is 18.4 Å². The number of pyridine rings is 1. The van der Waals surface area contributed by atoms with Gasteiger partial charge in [0.1, 0.15) is 5.82 Å². The second kappa shape index (κ2) is 9.13. The molecule has 108 valence electrons. The zero-order valence-corrected chi connectivity index (χ0v) is 12.6. The van der Waals surface area contributed by atoms with Crippen molar-refractivity contribution in [1.29, 1.82) is 0 Å². The van der Waals surface area contributed by atoms with E-state index in [1.165, 1.54) is 6.42 Å². The second-order valence-corrected chi connectivity index (χ2v) is 4.67. The number of hydrogen-bond donors (Lipinski definition) is 2. The van der Waals surface area contributed by atoms with Crippen molar-refractivity contribution >= 4 is 36.5 Å². The summed E-state index contributed by atoms with van der Waals surface area (Å²) in [6, 6.07) is 3.79. The minimum absolute atomic E-state index is 0. The van der Waals surface area contributed by atoms with Crippen molar-refractivity contribution in [3.8, 4) is 0 Å². The van der Waals surface area contributed by atoms with Crippen LogP contribution < -0.4 is 10.6 Å². The van der Waals surface area contributed by atoms with Crippen LogP contribution in [0.15, 0.2) is 18.3 Å². The van der Waals surface area contributed by atoms with E-state index in [9.17, 15) is 4.79 Å². The number of carbonyl (C=O) groups excluding carboxylic acids is 1. The largest absolute Gasteiger partial charge is 0.316 e. The van der Waals surface area contributed by atoms with Gasteiger partial charge in [0.25, 0.3) is 0 Å². The highest BCUT2D eigenvalue weighted by atomic mass is 35.5. The number of carbonyl (C=O) groups is 1. The lowest BCUT2D eigenvalue weighted by atomic mass is 10.0. The summed E-state index contributed by atoms with van der Waals surface area (Å²) in [6.45, 7) is 4.12. The van der Waals surface area contributed by atoms with Gasteiger partial charge in [-0.05, 0) is 50.4 Å². The Morgan fingerprint density at radius 3 is 2.84 bits per heavy atom. The lowest BCUT2D eigenvalue weighted by Crippen LogP contribution is -2.15. The van der Waals surface area contributed by atoms with Crippen LogP contribution in [0.4, 0.5) is 5.82 Å². The Labute approximate surface area is 126 Å². The summed E-state index contributed by atoms with van der Waals surface area (Å²) in [5.74, 6) is 1.37. The molecule has 6 heteroatoms. The number of aryl methyl sites for hydroxylation is 1. The Kier molecular flexibility index (Phi) is 8.72. The molecule has 1 atom stereocenters. The number of halogens is 2. The van der Waals surface area contributed by atoms with Crippen LogP contribution in [-0.4, -0.2) is 24.0 Å². The predicted molar refractivity (Wildman–Crippen MR) is 82.3 cm³/mol. The van der Waals surface area contributed by atoms with E-state index in [1.54, 1.807) is 6.20 Å². The maximum atomic E-state index is 11.7. The molecule has 1 saturated heterocycles. The first kappa shape index (κ1) is 18.2. The Hall–Kier alpha value is -0.840. The number of rotatable bonds is 4. The fourth-order valence-corrected chi connectivity index (χ4v) is 2.04. The summed E-state index contributed by atoms with van der Waals surface area (Å²) < 4.78 is 0. The molecule has 1 aliphatic heterocycles. The first-order valence-corrected chi connectivity index (χ1v) is 6.17. The third-order valence-electron chi connectivity index (χ3n) is 3.12. The minimum Gasteiger partial charge on any atom is -0.316 e. The Balaban J connectivity index is 0.00000162. The monoisotopic (exact) mass is 305 g/mol. The normalized spacial score (nSPS) is 17.2. The molecule has 1 amide bonds. The zero-order chi connectivity index (χ0) is 12.1. The molecule has 1 aromatic rings. The SMILES string of the molecule is Cc1ccc(NC(=O)CCC2CCNC2)nc1.Cl.Cl. The fraction of sp³-hybridized carbons (Fsp3) is 0.538. The molecule has 1 aliphatic rings. The van der Waals surface area contributed by atoms with E-state index in [0.717, 1.165) is 25.1 Å². The van der Waals surface area contributed by atoms with E-state index >= 15 is 0 Å². The Morgan fingerprint density at radius 2 is 2.26 bits per heavy atom. The number of nitrogens with zero attached hydrogens (tertiary/aromatic N) is 1. The number of amides is 1. The van der Waals surface area contributed by atoms with E-state index in [-0.39, 0.29) is 30.7 Å². The molecule has 0 aromatic carbocycles. The first-order valence-electron chi connectivity index (χ1n) is 6.17. The van der Waals surface area contributed by atoms with E-state index in [4.69, 9.17) is 0 Å². The molecule has 0 radical (unpaired) electrons. The van der Waals surface area contributed by atoms with Crippen LogP contribution in [0.25, 0.3) is 0 Å². The average Bonchev–Trinajstić information content (AvgIpc) is 2.83. The van der Waals surface area contributed by atoms with Gasteiger partial charge in [-0.3, -0.25) is 4.79 Å². The van der Waals surface area contributed by atoms with Crippen LogP contribution in [0, 0.1) is 12.8 Å². The lowest BCUT2D eigenvalue weighted by Gasteiger charge is -2.08. The molecular formula is C13H21Cl2N3O. The number of nitrogens with one attached hydrogen (secondary N) is 2. The third-order valence-corrected chi connectivity index (χ3v) is 3.12. The van der Waals surface area contributed by atoms with Gasteiger partial charge in [0.15, 0.2) is 0 Å². The predicted octanol–water partition coefficient (Wildman–Crippen LogP) is 2.56. The van der Waals surface area contributed by atoms with Crippen LogP contribution in [0.1, 0.15) is 24.8 Å². The van der Waals surface area contributed by atoms with Crippen LogP contribution >= 0.6 is 24.8 Å². The molecule has 0 saturated carbocycles. The van der Waals surface area contributed by atoms with Gasteiger partial charge in [-0.15, -0.1) is 24.8 Å². The van der Waals surface area contributed by atoms with E-state index < -0.39 is 0 Å². The van der Waals surface area contributed by atoms with E-state index in [0.29, 0.717) is 18.2 Å². The molecule has 19 heavy (non-hydrogen) atoms. The topological polar surface area (TPSA) is 54.0 Å². The molecule has 1 aromatic heterocycles. The van der Waals surface area contributed by atoms with Crippen LogP contribution in [-0.2, 0) is 4.79 Å². The zero-order valence-electron chi connectivity index (χ0n) is 11.0. The molecule has 2 heterocycles. The van der Waals surface area contributed by atoms with Crippen molar-refractivity contribution in [2.45, 2.75) is 26.2 Å². The van der Waals surface area contributed by atoms with Gasteiger partial charge >= 0.3 is 0 Å². The maximum absolute atomic E-state index is 11.7. The highest BCUT2D eigenvalue weighted by molar-refractivity contribution is 5.89. The van der Waals surface area contributed by atoms with Gasteiger partial charge in [-0.2, -0.15) is 0 Å². The second-order valence-electron chi connectivity index (χ2n) is 4.67. The molecular weight excluding hydrogens is 285 g/mol. The standard InChI is InChI=1S/C13H19N3O.2ClH/c1-10-2-4-12(15-8-10)16-13(17)5-3-11-6-7-14-9-11;;/h2,4,8,11,14H,3,5-7,9H2,1H3,(H,15,16,17);2*1H. The van der Waals surface area contributed by atoms with E-state index in [2.05, 4.69) is 15.6 Å². The quantitative estimate of drug-likeness (QED) is 0.899. The van der Waals surface area contributed by atoms with Gasteiger partial charge in [-0.1, -0.05) is 6.07 Å². The highest BCUT2D eigenvalue weighted by Gasteiger charge is 2.15. The summed E-state index contributed by atoms with van der Waals surface area (Å²) in [6.07, 6.45) is 4.50. The van der Waals surface area contributed by atoms with Crippen molar-refractivity contribution in [1.82, 2.24) is 10.3 Å². The van der Waals surface area contributed by atoms with Gasteiger partial charge in [0.2, 0.25) is 5.91 Å². The number of hydrogen-bond acceptors (Lipinski definition) is 3.